The van der Waals surface area contributed by atoms with Crippen LogP contribution < -0.4 is 37.9 Å². The lowest BCUT2D eigenvalue weighted by Crippen LogP contribution is -2.03. The summed E-state index contributed by atoms with van der Waals surface area (Å²) in [6.07, 6.45) is 0. The second kappa shape index (κ2) is 15.9. The molecule has 0 spiro atoms. The zero-order valence-electron chi connectivity index (χ0n) is 28.5. The zero-order chi connectivity index (χ0) is 34.0. The van der Waals surface area contributed by atoms with E-state index in [1.807, 2.05) is 78.9 Å². The third-order valence-electron chi connectivity index (χ3n) is 7.91. The number of methoxy groups -OCH3 is 5. The first-order chi connectivity index (χ1) is 23.3. The van der Waals surface area contributed by atoms with E-state index in [1.54, 1.807) is 35.5 Å². The molecule has 0 radical (unpaired) electrons. The van der Waals surface area contributed by atoms with Crippen LogP contribution >= 0.6 is 0 Å². The molecule has 8 nitrogen and oxygen atoms in total. The van der Waals surface area contributed by atoms with Crippen molar-refractivity contribution in [3.8, 4) is 57.1 Å². The Morgan fingerprint density at radius 2 is 0.729 bits per heavy atom. The Labute approximate surface area is 282 Å². The van der Waals surface area contributed by atoms with Gasteiger partial charge in [0.15, 0.2) is 0 Å². The van der Waals surface area contributed by atoms with E-state index in [0.29, 0.717) is 47.7 Å². The van der Waals surface area contributed by atoms with Crippen LogP contribution in [0.25, 0.3) is 11.1 Å². The largest absolute Gasteiger partial charge is 0.497 e. The Kier molecular flexibility index (Phi) is 11.2. The molecular formula is C40H42O8. The molecule has 0 atom stereocenters. The summed E-state index contributed by atoms with van der Waals surface area (Å²) in [5.41, 5.74) is 6.86. The monoisotopic (exact) mass is 650 g/mol. The van der Waals surface area contributed by atoms with Crippen LogP contribution in [0.3, 0.4) is 0 Å². The smallest absolute Gasteiger partial charge is 0.128 e. The molecule has 0 fully saturated rings. The van der Waals surface area contributed by atoms with Gasteiger partial charge in [-0.05, 0) is 90.2 Å². The summed E-state index contributed by atoms with van der Waals surface area (Å²) in [6.45, 7) is 5.01. The van der Waals surface area contributed by atoms with E-state index in [9.17, 15) is 0 Å². The van der Waals surface area contributed by atoms with E-state index in [4.69, 9.17) is 37.9 Å². The minimum absolute atomic E-state index is 0.276. The van der Waals surface area contributed by atoms with Crippen LogP contribution in [-0.4, -0.2) is 35.5 Å². The molecule has 0 aromatic heterocycles. The van der Waals surface area contributed by atoms with Crippen LogP contribution in [-0.2, 0) is 19.8 Å². The van der Waals surface area contributed by atoms with E-state index in [1.165, 1.54) is 0 Å². The fourth-order valence-electron chi connectivity index (χ4n) is 5.49. The van der Waals surface area contributed by atoms with Gasteiger partial charge in [0, 0.05) is 29.3 Å². The molecule has 0 N–H and O–H groups in total. The number of benzene rings is 5. The first kappa shape index (κ1) is 33.9. The van der Waals surface area contributed by atoms with Crippen LogP contribution in [0.4, 0.5) is 0 Å². The normalized spacial score (nSPS) is 10.6. The molecule has 0 aliphatic rings. The highest BCUT2D eigenvalue weighted by molar-refractivity contribution is 5.81. The van der Waals surface area contributed by atoms with Crippen LogP contribution in [0, 0.1) is 13.8 Å². The van der Waals surface area contributed by atoms with Crippen molar-refractivity contribution in [2.75, 3.05) is 35.5 Å². The zero-order valence-corrected chi connectivity index (χ0v) is 28.5. The molecule has 0 unspecified atom stereocenters. The van der Waals surface area contributed by atoms with Gasteiger partial charge in [-0.3, -0.25) is 0 Å². The molecule has 0 saturated heterocycles. The molecule has 0 heterocycles. The summed E-state index contributed by atoms with van der Waals surface area (Å²) in [6, 6.07) is 29.2. The number of rotatable bonds is 15. The van der Waals surface area contributed by atoms with Gasteiger partial charge in [0.1, 0.15) is 65.8 Å². The molecule has 48 heavy (non-hydrogen) atoms. The van der Waals surface area contributed by atoms with Crippen molar-refractivity contribution in [2.45, 2.75) is 33.7 Å². The van der Waals surface area contributed by atoms with Gasteiger partial charge in [-0.15, -0.1) is 0 Å². The average Bonchev–Trinajstić information content (AvgIpc) is 3.12. The maximum absolute atomic E-state index is 6.54. The number of ether oxygens (including phenoxy) is 8. The van der Waals surface area contributed by atoms with Gasteiger partial charge >= 0.3 is 0 Å². The highest BCUT2D eigenvalue weighted by Gasteiger charge is 2.17. The Balaban J connectivity index is 1.44. The van der Waals surface area contributed by atoms with Crippen molar-refractivity contribution in [3.63, 3.8) is 0 Å². The predicted octanol–water partition coefficient (Wildman–Crippen LogP) is 8.75. The summed E-state index contributed by atoms with van der Waals surface area (Å²) >= 11 is 0. The quantitative estimate of drug-likeness (QED) is 0.111. The van der Waals surface area contributed by atoms with Crippen molar-refractivity contribution in [1.29, 1.82) is 0 Å². The summed E-state index contributed by atoms with van der Waals surface area (Å²) in [4.78, 5) is 0. The molecule has 5 aromatic carbocycles. The highest BCUT2D eigenvalue weighted by atomic mass is 16.5. The number of hydrogen-bond donors (Lipinski definition) is 0. The van der Waals surface area contributed by atoms with Gasteiger partial charge in [0.25, 0.3) is 0 Å². The van der Waals surface area contributed by atoms with E-state index >= 15 is 0 Å². The van der Waals surface area contributed by atoms with Crippen LogP contribution in [0.15, 0.2) is 91.0 Å². The molecule has 5 rings (SSSR count). The van der Waals surface area contributed by atoms with Gasteiger partial charge in [0.2, 0.25) is 0 Å². The Morgan fingerprint density at radius 3 is 1.15 bits per heavy atom. The Bertz CT molecular complexity index is 1730. The Hall–Kier alpha value is -5.50. The minimum atomic E-state index is 0.276. The average molecular weight is 651 g/mol. The van der Waals surface area contributed by atoms with Gasteiger partial charge in [0.05, 0.1) is 35.5 Å². The van der Waals surface area contributed by atoms with Gasteiger partial charge in [-0.25, -0.2) is 0 Å². The summed E-state index contributed by atoms with van der Waals surface area (Å²) in [5, 5.41) is 0. The lowest BCUT2D eigenvalue weighted by molar-refractivity contribution is 0.280. The van der Waals surface area contributed by atoms with Crippen molar-refractivity contribution < 1.29 is 37.9 Å². The van der Waals surface area contributed by atoms with Crippen molar-refractivity contribution >= 4 is 0 Å². The second-order valence-corrected chi connectivity index (χ2v) is 11.2. The second-order valence-electron chi connectivity index (χ2n) is 11.2. The third kappa shape index (κ3) is 8.25. The molecule has 250 valence electrons. The summed E-state index contributed by atoms with van der Waals surface area (Å²) < 4.78 is 46.7. The van der Waals surface area contributed by atoms with Crippen molar-refractivity contribution in [2.24, 2.45) is 0 Å². The number of hydrogen-bond acceptors (Lipinski definition) is 8. The molecule has 0 amide bonds. The molecule has 5 aromatic rings. The third-order valence-corrected chi connectivity index (χ3v) is 7.91. The SMILES string of the molecule is COc1cc(COc2cc(COc3cccc(C)c3-c3c(C)cccc3OC)cc(OCc3cc(OC)cc(OC)c3)c2)cc(OC)c1. The first-order valence-electron chi connectivity index (χ1n) is 15.5. The van der Waals surface area contributed by atoms with Crippen LogP contribution in [0.2, 0.25) is 0 Å². The Morgan fingerprint density at radius 1 is 0.375 bits per heavy atom. The lowest BCUT2D eigenvalue weighted by Gasteiger charge is -2.19. The number of aryl methyl sites for hydroxylation is 2. The van der Waals surface area contributed by atoms with Crippen LogP contribution in [0.1, 0.15) is 27.8 Å². The molecule has 8 heteroatoms. The van der Waals surface area contributed by atoms with Crippen molar-refractivity contribution in [3.05, 3.63) is 119 Å². The van der Waals surface area contributed by atoms with Crippen LogP contribution in [0.5, 0.6) is 46.0 Å². The predicted molar refractivity (Wildman–Crippen MR) is 186 cm³/mol. The molecular weight excluding hydrogens is 608 g/mol. The van der Waals surface area contributed by atoms with E-state index < -0.39 is 0 Å². The molecule has 0 aliphatic carbocycles. The van der Waals surface area contributed by atoms with Gasteiger partial charge < -0.3 is 37.9 Å². The van der Waals surface area contributed by atoms with E-state index in [2.05, 4.69) is 26.0 Å². The van der Waals surface area contributed by atoms with Gasteiger partial charge in [-0.1, -0.05) is 24.3 Å². The molecule has 0 aliphatic heterocycles. The standard InChI is InChI=1S/C40H42O8/c1-26-10-8-12-37(45-7)39(26)40-27(2)11-9-13-38(40)48-25-30-18-35(46-23-28-14-31(41-3)20-32(15-28)42-4)22-36(19-30)47-24-29-16-33(43-5)21-34(17-29)44-6/h8-22H,23-25H2,1-7H3. The van der Waals surface area contributed by atoms with Gasteiger partial charge in [-0.2, -0.15) is 0 Å². The molecule has 0 saturated carbocycles. The van der Waals surface area contributed by atoms with E-state index in [-0.39, 0.29) is 6.61 Å². The fourth-order valence-corrected chi connectivity index (χ4v) is 5.49. The minimum Gasteiger partial charge on any atom is -0.497 e. The maximum Gasteiger partial charge on any atom is 0.128 e. The topological polar surface area (TPSA) is 73.8 Å². The fraction of sp³-hybridized carbons (Fsp3) is 0.250. The lowest BCUT2D eigenvalue weighted by atomic mass is 9.94. The summed E-state index contributed by atoms with van der Waals surface area (Å²) in [7, 11) is 8.18. The summed E-state index contributed by atoms with van der Waals surface area (Å²) in [5.74, 6) is 5.55. The highest BCUT2D eigenvalue weighted by Crippen LogP contribution is 2.41. The van der Waals surface area contributed by atoms with Crippen molar-refractivity contribution in [1.82, 2.24) is 0 Å². The first-order valence-corrected chi connectivity index (χ1v) is 15.5. The van der Waals surface area contributed by atoms with E-state index in [0.717, 1.165) is 50.4 Å². The maximum atomic E-state index is 6.54. The molecule has 0 bridgehead atoms.